The maximum absolute atomic E-state index is 13.5. The molecular weight excluding hydrogens is 251 g/mol. The SMILES string of the molecule is CC(Cc1cc(C(C)F)cc2c1OCCO2)C(=O)O. The van der Waals surface area contributed by atoms with Crippen LogP contribution in [0.3, 0.4) is 0 Å². The third-order valence-electron chi connectivity index (χ3n) is 3.15. The molecule has 104 valence electrons. The lowest BCUT2D eigenvalue weighted by Crippen LogP contribution is -2.19. The van der Waals surface area contributed by atoms with Crippen molar-refractivity contribution in [3.05, 3.63) is 23.3 Å². The van der Waals surface area contributed by atoms with Crippen LogP contribution >= 0.6 is 0 Å². The van der Waals surface area contributed by atoms with Gasteiger partial charge in [-0.1, -0.05) is 6.92 Å². The molecule has 0 fully saturated rings. The molecule has 1 aromatic carbocycles. The Labute approximate surface area is 111 Å². The standard InChI is InChI=1S/C14H17FO4/c1-8(14(16)17)5-11-6-10(9(2)15)7-12-13(11)19-4-3-18-12/h6-9H,3-5H2,1-2H3,(H,16,17). The summed E-state index contributed by atoms with van der Waals surface area (Å²) in [7, 11) is 0. The second kappa shape index (κ2) is 5.47. The van der Waals surface area contributed by atoms with E-state index in [-0.39, 0.29) is 0 Å². The number of halogens is 1. The first-order chi connectivity index (χ1) is 8.99. The summed E-state index contributed by atoms with van der Waals surface area (Å²) in [6.07, 6.45) is -0.837. The van der Waals surface area contributed by atoms with E-state index in [9.17, 15) is 9.18 Å². The number of carbonyl (C=O) groups is 1. The third kappa shape index (κ3) is 2.97. The van der Waals surface area contributed by atoms with Crippen molar-refractivity contribution in [3.63, 3.8) is 0 Å². The lowest BCUT2D eigenvalue weighted by molar-refractivity contribution is -0.141. The average molecular weight is 268 g/mol. The van der Waals surface area contributed by atoms with Crippen molar-refractivity contribution >= 4 is 5.97 Å². The number of ether oxygens (including phenoxy) is 2. The maximum atomic E-state index is 13.5. The molecule has 1 aliphatic rings. The minimum Gasteiger partial charge on any atom is -0.486 e. The van der Waals surface area contributed by atoms with E-state index in [4.69, 9.17) is 14.6 Å². The Balaban J connectivity index is 2.39. The maximum Gasteiger partial charge on any atom is 0.306 e. The summed E-state index contributed by atoms with van der Waals surface area (Å²) in [6.45, 7) is 3.90. The molecule has 0 amide bonds. The van der Waals surface area contributed by atoms with E-state index < -0.39 is 18.1 Å². The zero-order valence-electron chi connectivity index (χ0n) is 11.0. The summed E-state index contributed by atoms with van der Waals surface area (Å²) in [5, 5.41) is 8.98. The Morgan fingerprint density at radius 3 is 2.68 bits per heavy atom. The van der Waals surface area contributed by atoms with E-state index in [1.165, 1.54) is 6.92 Å². The molecule has 0 saturated heterocycles. The van der Waals surface area contributed by atoms with Gasteiger partial charge in [-0.25, -0.2) is 4.39 Å². The van der Waals surface area contributed by atoms with Crippen LogP contribution in [0.25, 0.3) is 0 Å². The highest BCUT2D eigenvalue weighted by Crippen LogP contribution is 2.38. The largest absolute Gasteiger partial charge is 0.486 e. The lowest BCUT2D eigenvalue weighted by Gasteiger charge is -2.23. The molecule has 1 N–H and O–H groups in total. The summed E-state index contributed by atoms with van der Waals surface area (Å²) >= 11 is 0. The van der Waals surface area contributed by atoms with Gasteiger partial charge in [-0.05, 0) is 36.6 Å². The fourth-order valence-corrected chi connectivity index (χ4v) is 2.05. The molecule has 0 spiro atoms. The van der Waals surface area contributed by atoms with Gasteiger partial charge < -0.3 is 14.6 Å². The molecular formula is C14H17FO4. The predicted octanol–water partition coefficient (Wildman–Crippen LogP) is 2.75. The number of hydrogen-bond acceptors (Lipinski definition) is 3. The van der Waals surface area contributed by atoms with Gasteiger partial charge in [0.1, 0.15) is 19.4 Å². The summed E-state index contributed by atoms with van der Waals surface area (Å²) in [4.78, 5) is 10.9. The predicted molar refractivity (Wildman–Crippen MR) is 67.5 cm³/mol. The molecule has 2 rings (SSSR count). The van der Waals surface area contributed by atoms with Gasteiger partial charge in [-0.15, -0.1) is 0 Å². The van der Waals surface area contributed by atoms with Crippen molar-refractivity contribution < 1.29 is 23.8 Å². The van der Waals surface area contributed by atoms with Gasteiger partial charge in [-0.2, -0.15) is 0 Å². The number of carboxylic acids is 1. The number of hydrogen-bond donors (Lipinski definition) is 1. The first-order valence-corrected chi connectivity index (χ1v) is 6.28. The molecule has 1 aliphatic heterocycles. The Bertz CT molecular complexity index is 485. The number of fused-ring (bicyclic) bond motifs is 1. The van der Waals surface area contributed by atoms with Crippen molar-refractivity contribution in [2.24, 2.45) is 5.92 Å². The van der Waals surface area contributed by atoms with Gasteiger partial charge in [0.05, 0.1) is 5.92 Å². The first kappa shape index (κ1) is 13.6. The molecule has 0 saturated carbocycles. The molecule has 4 nitrogen and oxygen atoms in total. The Morgan fingerprint density at radius 1 is 1.37 bits per heavy atom. The van der Waals surface area contributed by atoms with Crippen molar-refractivity contribution in [2.75, 3.05) is 13.2 Å². The van der Waals surface area contributed by atoms with Crippen molar-refractivity contribution in [2.45, 2.75) is 26.4 Å². The van der Waals surface area contributed by atoms with Gasteiger partial charge in [-0.3, -0.25) is 4.79 Å². The van der Waals surface area contributed by atoms with Crippen LogP contribution in [0.5, 0.6) is 11.5 Å². The molecule has 2 atom stereocenters. The Hall–Kier alpha value is -1.78. The second-order valence-electron chi connectivity index (χ2n) is 4.76. The summed E-state index contributed by atoms with van der Waals surface area (Å²) in [5.41, 5.74) is 1.17. The Morgan fingerprint density at radius 2 is 2.05 bits per heavy atom. The highest BCUT2D eigenvalue weighted by Gasteiger charge is 2.22. The average Bonchev–Trinajstić information content (AvgIpc) is 2.38. The van der Waals surface area contributed by atoms with Crippen LogP contribution < -0.4 is 9.47 Å². The van der Waals surface area contributed by atoms with Crippen LogP contribution in [0.1, 0.15) is 31.1 Å². The minimum atomic E-state index is -1.13. The van der Waals surface area contributed by atoms with E-state index in [2.05, 4.69) is 0 Å². The van der Waals surface area contributed by atoms with Gasteiger partial charge in [0.15, 0.2) is 11.5 Å². The first-order valence-electron chi connectivity index (χ1n) is 6.28. The molecule has 1 aromatic rings. The van der Waals surface area contributed by atoms with Crippen LogP contribution in [-0.4, -0.2) is 24.3 Å². The monoisotopic (exact) mass is 268 g/mol. The highest BCUT2D eigenvalue weighted by atomic mass is 19.1. The molecule has 0 aromatic heterocycles. The highest BCUT2D eigenvalue weighted by molar-refractivity contribution is 5.70. The molecule has 0 radical (unpaired) electrons. The Kier molecular flexibility index (Phi) is 3.93. The van der Waals surface area contributed by atoms with Gasteiger partial charge in [0, 0.05) is 0 Å². The number of carboxylic acid groups (broad SMARTS) is 1. The quantitative estimate of drug-likeness (QED) is 0.912. The van der Waals surface area contributed by atoms with Crippen molar-refractivity contribution in [1.82, 2.24) is 0 Å². The number of alkyl halides is 1. The van der Waals surface area contributed by atoms with E-state index in [0.29, 0.717) is 42.3 Å². The fraction of sp³-hybridized carbons (Fsp3) is 0.500. The van der Waals surface area contributed by atoms with Gasteiger partial charge >= 0.3 is 5.97 Å². The second-order valence-corrected chi connectivity index (χ2v) is 4.76. The fourth-order valence-electron chi connectivity index (χ4n) is 2.05. The van der Waals surface area contributed by atoms with Gasteiger partial charge in [0.2, 0.25) is 0 Å². The third-order valence-corrected chi connectivity index (χ3v) is 3.15. The molecule has 19 heavy (non-hydrogen) atoms. The van der Waals surface area contributed by atoms with Crippen LogP contribution in [0.2, 0.25) is 0 Å². The zero-order valence-corrected chi connectivity index (χ0v) is 11.0. The van der Waals surface area contributed by atoms with Gasteiger partial charge in [0.25, 0.3) is 0 Å². The molecule has 1 heterocycles. The van der Waals surface area contributed by atoms with Crippen molar-refractivity contribution in [1.29, 1.82) is 0 Å². The zero-order chi connectivity index (χ0) is 14.0. The van der Waals surface area contributed by atoms with E-state index >= 15 is 0 Å². The van der Waals surface area contributed by atoms with Crippen LogP contribution in [-0.2, 0) is 11.2 Å². The van der Waals surface area contributed by atoms with Crippen LogP contribution in [0, 0.1) is 5.92 Å². The molecule has 0 aliphatic carbocycles. The molecule has 2 unspecified atom stereocenters. The van der Waals surface area contributed by atoms with E-state index in [1.54, 1.807) is 19.1 Å². The summed E-state index contributed by atoms with van der Waals surface area (Å²) in [5.74, 6) is -0.395. The minimum absolute atomic E-state index is 0.293. The normalized spacial score (nSPS) is 16.8. The lowest BCUT2D eigenvalue weighted by atomic mass is 9.97. The molecule has 0 bridgehead atoms. The topological polar surface area (TPSA) is 55.8 Å². The van der Waals surface area contributed by atoms with Crippen LogP contribution in [0.15, 0.2) is 12.1 Å². The van der Waals surface area contributed by atoms with Crippen LogP contribution in [0.4, 0.5) is 4.39 Å². The summed E-state index contributed by atoms with van der Waals surface area (Å²) in [6, 6.07) is 3.28. The number of aliphatic carboxylic acids is 1. The van der Waals surface area contributed by atoms with E-state index in [1.807, 2.05) is 0 Å². The summed E-state index contributed by atoms with van der Waals surface area (Å²) < 4.78 is 24.5. The number of benzene rings is 1. The number of rotatable bonds is 4. The molecule has 5 heteroatoms. The smallest absolute Gasteiger partial charge is 0.306 e. The van der Waals surface area contributed by atoms with Crippen molar-refractivity contribution in [3.8, 4) is 11.5 Å². The van der Waals surface area contributed by atoms with E-state index in [0.717, 1.165) is 0 Å².